The van der Waals surface area contributed by atoms with Crippen molar-refractivity contribution in [1.82, 2.24) is 5.32 Å². The van der Waals surface area contributed by atoms with E-state index in [-0.39, 0.29) is 12.5 Å². The first-order chi connectivity index (χ1) is 9.15. The lowest BCUT2D eigenvalue weighted by Gasteiger charge is -2.08. The molecular weight excluding hydrogens is 289 g/mol. The number of nitrogens with one attached hydrogen (secondary N) is 1. The summed E-state index contributed by atoms with van der Waals surface area (Å²) >= 11 is 11.7. The van der Waals surface area contributed by atoms with Gasteiger partial charge < -0.3 is 14.5 Å². The summed E-state index contributed by atoms with van der Waals surface area (Å²) in [4.78, 5) is 11.6. The lowest BCUT2D eigenvalue weighted by atomic mass is 10.3. The molecule has 6 heteroatoms. The number of amides is 1. The molecule has 0 saturated heterocycles. The fraction of sp³-hybridized carbons (Fsp3) is 0.154. The Bertz CT molecular complexity index is 555. The number of rotatable bonds is 5. The molecule has 2 aromatic rings. The van der Waals surface area contributed by atoms with Gasteiger partial charge in [0.1, 0.15) is 5.75 Å². The normalized spacial score (nSPS) is 10.2. The SMILES string of the molecule is O=C(COc1ccc(Cl)cc1Cl)NCc1ccoc1. The molecule has 19 heavy (non-hydrogen) atoms. The maximum atomic E-state index is 11.6. The molecule has 0 bridgehead atoms. The number of ether oxygens (including phenoxy) is 1. The van der Waals surface area contributed by atoms with Crippen LogP contribution in [0.2, 0.25) is 10.0 Å². The number of furan rings is 1. The molecule has 1 aromatic carbocycles. The van der Waals surface area contributed by atoms with Crippen LogP contribution in [-0.4, -0.2) is 12.5 Å². The van der Waals surface area contributed by atoms with E-state index in [1.165, 1.54) is 0 Å². The Morgan fingerprint density at radius 2 is 2.16 bits per heavy atom. The predicted octanol–water partition coefficient (Wildman–Crippen LogP) is 3.28. The summed E-state index contributed by atoms with van der Waals surface area (Å²) in [7, 11) is 0. The van der Waals surface area contributed by atoms with Gasteiger partial charge in [0.25, 0.3) is 5.91 Å². The van der Waals surface area contributed by atoms with Gasteiger partial charge in [-0.25, -0.2) is 0 Å². The smallest absolute Gasteiger partial charge is 0.258 e. The van der Waals surface area contributed by atoms with Crippen LogP contribution in [0.4, 0.5) is 0 Å². The Balaban J connectivity index is 1.80. The van der Waals surface area contributed by atoms with E-state index in [9.17, 15) is 4.79 Å². The van der Waals surface area contributed by atoms with Crippen LogP contribution in [0.1, 0.15) is 5.56 Å². The van der Waals surface area contributed by atoms with Crippen molar-refractivity contribution in [2.24, 2.45) is 0 Å². The van der Waals surface area contributed by atoms with Gasteiger partial charge >= 0.3 is 0 Å². The molecule has 2 rings (SSSR count). The minimum absolute atomic E-state index is 0.112. The lowest BCUT2D eigenvalue weighted by Crippen LogP contribution is -2.28. The second-order valence-electron chi connectivity index (χ2n) is 3.77. The quantitative estimate of drug-likeness (QED) is 0.922. The molecule has 0 radical (unpaired) electrons. The number of carbonyl (C=O) groups excluding carboxylic acids is 1. The first-order valence-corrected chi connectivity index (χ1v) is 6.26. The van der Waals surface area contributed by atoms with Crippen LogP contribution in [-0.2, 0) is 11.3 Å². The van der Waals surface area contributed by atoms with Crippen molar-refractivity contribution in [3.63, 3.8) is 0 Å². The second kappa shape index (κ2) is 6.50. The van der Waals surface area contributed by atoms with Crippen molar-refractivity contribution in [2.75, 3.05) is 6.61 Å². The van der Waals surface area contributed by atoms with Gasteiger partial charge in [0, 0.05) is 17.1 Å². The summed E-state index contributed by atoms with van der Waals surface area (Å²) in [6.45, 7) is 0.284. The highest BCUT2D eigenvalue weighted by Crippen LogP contribution is 2.27. The van der Waals surface area contributed by atoms with Gasteiger partial charge in [-0.2, -0.15) is 0 Å². The van der Waals surface area contributed by atoms with E-state index >= 15 is 0 Å². The maximum Gasteiger partial charge on any atom is 0.258 e. The molecule has 100 valence electrons. The van der Waals surface area contributed by atoms with E-state index in [0.717, 1.165) is 5.56 Å². The van der Waals surface area contributed by atoms with Crippen molar-refractivity contribution in [3.05, 3.63) is 52.4 Å². The molecule has 1 N–H and O–H groups in total. The van der Waals surface area contributed by atoms with Gasteiger partial charge in [0.2, 0.25) is 0 Å². The first kappa shape index (κ1) is 13.8. The van der Waals surface area contributed by atoms with Crippen molar-refractivity contribution >= 4 is 29.1 Å². The zero-order chi connectivity index (χ0) is 13.7. The second-order valence-corrected chi connectivity index (χ2v) is 4.62. The number of carbonyl (C=O) groups is 1. The van der Waals surface area contributed by atoms with Crippen molar-refractivity contribution in [1.29, 1.82) is 0 Å². The van der Waals surface area contributed by atoms with Gasteiger partial charge in [-0.3, -0.25) is 4.79 Å². The van der Waals surface area contributed by atoms with E-state index in [2.05, 4.69) is 5.32 Å². The standard InChI is InChI=1S/C13H11Cl2NO3/c14-10-1-2-12(11(15)5-10)19-8-13(17)16-6-9-3-4-18-7-9/h1-5,7H,6,8H2,(H,16,17). The summed E-state index contributed by atoms with van der Waals surface area (Å²) in [5, 5.41) is 3.58. The van der Waals surface area contributed by atoms with Crippen molar-refractivity contribution in [3.8, 4) is 5.75 Å². The molecule has 0 unspecified atom stereocenters. The lowest BCUT2D eigenvalue weighted by molar-refractivity contribution is -0.123. The van der Waals surface area contributed by atoms with E-state index in [1.54, 1.807) is 36.8 Å². The number of hydrogen-bond acceptors (Lipinski definition) is 3. The fourth-order valence-electron chi connectivity index (χ4n) is 1.38. The molecule has 1 amide bonds. The zero-order valence-corrected chi connectivity index (χ0v) is 11.4. The third-order valence-electron chi connectivity index (χ3n) is 2.32. The van der Waals surface area contributed by atoms with E-state index < -0.39 is 0 Å². The van der Waals surface area contributed by atoms with Gasteiger partial charge in [0.05, 0.1) is 17.5 Å². The van der Waals surface area contributed by atoms with Crippen LogP contribution in [0.15, 0.2) is 41.2 Å². The predicted molar refractivity (Wildman–Crippen MR) is 72.5 cm³/mol. The maximum absolute atomic E-state index is 11.6. The summed E-state index contributed by atoms with van der Waals surface area (Å²) in [5.74, 6) is 0.178. The van der Waals surface area contributed by atoms with Crippen molar-refractivity contribution < 1.29 is 13.9 Å². The minimum Gasteiger partial charge on any atom is -0.482 e. The van der Waals surface area contributed by atoms with Gasteiger partial charge in [-0.15, -0.1) is 0 Å². The first-order valence-electron chi connectivity index (χ1n) is 5.51. The summed E-state index contributed by atoms with van der Waals surface area (Å²) < 4.78 is 10.2. The average molecular weight is 300 g/mol. The van der Waals surface area contributed by atoms with Crippen molar-refractivity contribution in [2.45, 2.75) is 6.54 Å². The van der Waals surface area contributed by atoms with Gasteiger partial charge in [-0.05, 0) is 24.3 Å². The Kier molecular flexibility index (Phi) is 4.71. The van der Waals surface area contributed by atoms with Crippen LogP contribution in [0.5, 0.6) is 5.75 Å². The van der Waals surface area contributed by atoms with Crippen LogP contribution < -0.4 is 10.1 Å². The van der Waals surface area contributed by atoms with Crippen LogP contribution in [0, 0.1) is 0 Å². The Morgan fingerprint density at radius 3 is 2.84 bits per heavy atom. The third kappa shape index (κ3) is 4.19. The van der Waals surface area contributed by atoms with Gasteiger partial charge in [0.15, 0.2) is 6.61 Å². The molecule has 0 aliphatic carbocycles. The molecule has 0 saturated carbocycles. The highest BCUT2D eigenvalue weighted by molar-refractivity contribution is 6.35. The largest absolute Gasteiger partial charge is 0.482 e. The minimum atomic E-state index is -0.243. The van der Waals surface area contributed by atoms with E-state index in [0.29, 0.717) is 22.3 Å². The Labute approximate surface area is 120 Å². The average Bonchev–Trinajstić information content (AvgIpc) is 2.88. The highest BCUT2D eigenvalue weighted by atomic mass is 35.5. The number of benzene rings is 1. The van der Waals surface area contributed by atoms with Gasteiger partial charge in [-0.1, -0.05) is 23.2 Å². The fourth-order valence-corrected chi connectivity index (χ4v) is 1.84. The van der Waals surface area contributed by atoms with Crippen LogP contribution >= 0.6 is 23.2 Å². The molecule has 1 aromatic heterocycles. The topological polar surface area (TPSA) is 51.5 Å². The molecule has 1 heterocycles. The molecule has 0 atom stereocenters. The number of halogens is 2. The summed E-state index contributed by atoms with van der Waals surface area (Å²) in [6.07, 6.45) is 3.11. The zero-order valence-electron chi connectivity index (χ0n) is 9.86. The van der Waals surface area contributed by atoms with E-state index in [1.807, 2.05) is 0 Å². The Hall–Kier alpha value is -1.65. The Morgan fingerprint density at radius 1 is 1.32 bits per heavy atom. The summed E-state index contributed by atoms with van der Waals surface area (Å²) in [5.41, 5.74) is 0.887. The molecular formula is C13H11Cl2NO3. The third-order valence-corrected chi connectivity index (χ3v) is 2.85. The number of hydrogen-bond donors (Lipinski definition) is 1. The molecule has 0 aliphatic rings. The van der Waals surface area contributed by atoms with Crippen LogP contribution in [0.3, 0.4) is 0 Å². The molecule has 0 aliphatic heterocycles. The molecule has 0 fully saturated rings. The van der Waals surface area contributed by atoms with Crippen LogP contribution in [0.25, 0.3) is 0 Å². The van der Waals surface area contributed by atoms with E-state index in [4.69, 9.17) is 32.4 Å². The monoisotopic (exact) mass is 299 g/mol. The highest BCUT2D eigenvalue weighted by Gasteiger charge is 2.06. The summed E-state index contributed by atoms with van der Waals surface area (Å²) in [6, 6.07) is 6.60. The molecule has 4 nitrogen and oxygen atoms in total. The molecule has 0 spiro atoms.